The van der Waals surface area contributed by atoms with Gasteiger partial charge in [-0.2, -0.15) is 0 Å². The van der Waals surface area contributed by atoms with E-state index < -0.39 is 0 Å². The summed E-state index contributed by atoms with van der Waals surface area (Å²) in [5.74, 6) is 0.424. The van der Waals surface area contributed by atoms with Gasteiger partial charge in [0.2, 0.25) is 5.91 Å². The fourth-order valence-corrected chi connectivity index (χ4v) is 1.46. The van der Waals surface area contributed by atoms with Gasteiger partial charge in [0.05, 0.1) is 11.9 Å². The Hall–Kier alpha value is -2.43. The van der Waals surface area contributed by atoms with Gasteiger partial charge in [-0.15, -0.1) is 0 Å². The van der Waals surface area contributed by atoms with Crippen molar-refractivity contribution < 1.29 is 4.79 Å². The average molecular weight is 242 g/mol. The first-order valence-corrected chi connectivity index (χ1v) is 5.60. The fraction of sp³-hybridized carbons (Fsp3) is 0.154. The Kier molecular flexibility index (Phi) is 3.86. The number of hydrogen-bond acceptors (Lipinski definition) is 4. The SMILES string of the molecule is CC(=O)Nc1ccc(NCc2cccnc2)cn1. The van der Waals surface area contributed by atoms with Gasteiger partial charge < -0.3 is 10.6 Å². The molecule has 2 rings (SSSR count). The molecular weight excluding hydrogens is 228 g/mol. The molecule has 0 radical (unpaired) electrons. The van der Waals surface area contributed by atoms with Crippen molar-refractivity contribution >= 4 is 17.4 Å². The van der Waals surface area contributed by atoms with Crippen LogP contribution >= 0.6 is 0 Å². The van der Waals surface area contributed by atoms with Crippen LogP contribution in [0.1, 0.15) is 12.5 Å². The van der Waals surface area contributed by atoms with Gasteiger partial charge in [0.25, 0.3) is 0 Å². The molecular formula is C13H14N4O. The Balaban J connectivity index is 1.92. The quantitative estimate of drug-likeness (QED) is 0.861. The number of anilines is 2. The predicted molar refractivity (Wildman–Crippen MR) is 70.1 cm³/mol. The molecule has 0 aliphatic heterocycles. The van der Waals surface area contributed by atoms with Crippen molar-refractivity contribution in [3.8, 4) is 0 Å². The van der Waals surface area contributed by atoms with Crippen molar-refractivity contribution in [1.82, 2.24) is 9.97 Å². The van der Waals surface area contributed by atoms with Crippen LogP contribution in [0, 0.1) is 0 Å². The molecule has 0 aliphatic rings. The van der Waals surface area contributed by atoms with Gasteiger partial charge in [-0.05, 0) is 23.8 Å². The molecule has 0 saturated heterocycles. The Morgan fingerprint density at radius 2 is 2.17 bits per heavy atom. The normalized spacial score (nSPS) is 9.83. The highest BCUT2D eigenvalue weighted by molar-refractivity contribution is 5.87. The van der Waals surface area contributed by atoms with Crippen LogP contribution in [0.25, 0.3) is 0 Å². The van der Waals surface area contributed by atoms with Crippen molar-refractivity contribution in [3.63, 3.8) is 0 Å². The molecule has 0 saturated carbocycles. The highest BCUT2D eigenvalue weighted by Crippen LogP contribution is 2.10. The molecule has 92 valence electrons. The van der Waals surface area contributed by atoms with Crippen molar-refractivity contribution in [2.75, 3.05) is 10.6 Å². The van der Waals surface area contributed by atoms with E-state index in [2.05, 4.69) is 20.6 Å². The molecule has 5 heteroatoms. The Bertz CT molecular complexity index is 510. The summed E-state index contributed by atoms with van der Waals surface area (Å²) < 4.78 is 0. The number of carbonyl (C=O) groups excluding carboxylic acids is 1. The highest BCUT2D eigenvalue weighted by Gasteiger charge is 1.98. The molecule has 2 N–H and O–H groups in total. The maximum absolute atomic E-state index is 10.8. The lowest BCUT2D eigenvalue weighted by Crippen LogP contribution is -2.07. The lowest BCUT2D eigenvalue weighted by atomic mass is 10.3. The molecule has 0 bridgehead atoms. The Labute approximate surface area is 105 Å². The van der Waals surface area contributed by atoms with Crippen molar-refractivity contribution in [2.24, 2.45) is 0 Å². The number of rotatable bonds is 4. The molecule has 2 aromatic heterocycles. The number of amides is 1. The zero-order valence-electron chi connectivity index (χ0n) is 10.1. The smallest absolute Gasteiger partial charge is 0.222 e. The van der Waals surface area contributed by atoms with Gasteiger partial charge in [0.15, 0.2) is 0 Å². The van der Waals surface area contributed by atoms with Crippen LogP contribution in [0.5, 0.6) is 0 Å². The van der Waals surface area contributed by atoms with E-state index in [0.29, 0.717) is 12.4 Å². The molecule has 0 atom stereocenters. The second kappa shape index (κ2) is 5.77. The van der Waals surface area contributed by atoms with Crippen LogP contribution in [0.15, 0.2) is 42.9 Å². The number of aromatic nitrogens is 2. The van der Waals surface area contributed by atoms with E-state index in [1.165, 1.54) is 6.92 Å². The van der Waals surface area contributed by atoms with Crippen molar-refractivity contribution in [2.45, 2.75) is 13.5 Å². The highest BCUT2D eigenvalue weighted by atomic mass is 16.1. The third-order valence-electron chi connectivity index (χ3n) is 2.29. The third-order valence-corrected chi connectivity index (χ3v) is 2.29. The number of nitrogens with zero attached hydrogens (tertiary/aromatic N) is 2. The number of nitrogens with one attached hydrogen (secondary N) is 2. The van der Waals surface area contributed by atoms with Gasteiger partial charge in [-0.25, -0.2) is 4.98 Å². The monoisotopic (exact) mass is 242 g/mol. The molecule has 0 spiro atoms. The van der Waals surface area contributed by atoms with E-state index in [1.807, 2.05) is 24.4 Å². The summed E-state index contributed by atoms with van der Waals surface area (Å²) in [6.45, 7) is 2.14. The Morgan fingerprint density at radius 3 is 2.78 bits per heavy atom. The van der Waals surface area contributed by atoms with Crippen LogP contribution in [0.2, 0.25) is 0 Å². The summed E-state index contributed by atoms with van der Waals surface area (Å²) in [4.78, 5) is 19.0. The number of hydrogen-bond donors (Lipinski definition) is 2. The maximum atomic E-state index is 10.8. The third kappa shape index (κ3) is 3.55. The van der Waals surface area contributed by atoms with E-state index in [0.717, 1.165) is 11.3 Å². The largest absolute Gasteiger partial charge is 0.380 e. The first-order valence-electron chi connectivity index (χ1n) is 5.60. The van der Waals surface area contributed by atoms with Crippen LogP contribution < -0.4 is 10.6 Å². The van der Waals surface area contributed by atoms with Crippen LogP contribution in [0.3, 0.4) is 0 Å². The standard InChI is InChI=1S/C13H14N4O/c1-10(18)17-13-5-4-12(9-16-13)15-8-11-3-2-6-14-7-11/h2-7,9,15H,8H2,1H3,(H,16,17,18). The first kappa shape index (κ1) is 12.0. The van der Waals surface area contributed by atoms with Gasteiger partial charge in [0.1, 0.15) is 5.82 Å². The summed E-state index contributed by atoms with van der Waals surface area (Å²) in [6.07, 6.45) is 5.24. The topological polar surface area (TPSA) is 66.9 Å². The lowest BCUT2D eigenvalue weighted by Gasteiger charge is -2.06. The van der Waals surface area contributed by atoms with Crippen LogP contribution in [-0.4, -0.2) is 15.9 Å². The minimum Gasteiger partial charge on any atom is -0.380 e. The molecule has 0 aliphatic carbocycles. The van der Waals surface area contributed by atoms with Crippen LogP contribution in [0.4, 0.5) is 11.5 Å². The van der Waals surface area contributed by atoms with E-state index >= 15 is 0 Å². The molecule has 1 amide bonds. The summed E-state index contributed by atoms with van der Waals surface area (Å²) in [5, 5.41) is 5.84. The predicted octanol–water partition coefficient (Wildman–Crippen LogP) is 2.05. The average Bonchev–Trinajstić information content (AvgIpc) is 2.38. The van der Waals surface area contributed by atoms with Gasteiger partial charge in [-0.1, -0.05) is 6.07 Å². The zero-order chi connectivity index (χ0) is 12.8. The van der Waals surface area contributed by atoms with E-state index in [9.17, 15) is 4.79 Å². The van der Waals surface area contributed by atoms with Gasteiger partial charge in [-0.3, -0.25) is 9.78 Å². The molecule has 5 nitrogen and oxygen atoms in total. The molecule has 0 fully saturated rings. The fourth-order valence-electron chi connectivity index (χ4n) is 1.46. The second-order valence-electron chi connectivity index (χ2n) is 3.83. The molecule has 18 heavy (non-hydrogen) atoms. The summed E-state index contributed by atoms with van der Waals surface area (Å²) in [5.41, 5.74) is 2.00. The second-order valence-corrected chi connectivity index (χ2v) is 3.83. The number of carbonyl (C=O) groups is 1. The molecule has 0 aromatic carbocycles. The Morgan fingerprint density at radius 1 is 1.28 bits per heavy atom. The lowest BCUT2D eigenvalue weighted by molar-refractivity contribution is -0.114. The summed E-state index contributed by atoms with van der Waals surface area (Å²) in [7, 11) is 0. The zero-order valence-corrected chi connectivity index (χ0v) is 10.1. The van der Waals surface area contributed by atoms with E-state index in [4.69, 9.17) is 0 Å². The minimum absolute atomic E-state index is 0.126. The molecule has 2 aromatic rings. The van der Waals surface area contributed by atoms with Gasteiger partial charge in [0, 0.05) is 25.9 Å². The van der Waals surface area contributed by atoms with Crippen molar-refractivity contribution in [1.29, 1.82) is 0 Å². The van der Waals surface area contributed by atoms with Crippen molar-refractivity contribution in [3.05, 3.63) is 48.4 Å². The minimum atomic E-state index is -0.126. The maximum Gasteiger partial charge on any atom is 0.222 e. The summed E-state index contributed by atoms with van der Waals surface area (Å²) >= 11 is 0. The first-order chi connectivity index (χ1) is 8.74. The van der Waals surface area contributed by atoms with E-state index in [-0.39, 0.29) is 5.91 Å². The number of pyridine rings is 2. The summed E-state index contributed by atoms with van der Waals surface area (Å²) in [6, 6.07) is 7.52. The van der Waals surface area contributed by atoms with E-state index in [1.54, 1.807) is 18.5 Å². The molecule has 2 heterocycles. The van der Waals surface area contributed by atoms with Crippen LogP contribution in [-0.2, 0) is 11.3 Å². The van der Waals surface area contributed by atoms with Gasteiger partial charge >= 0.3 is 0 Å². The molecule has 0 unspecified atom stereocenters.